The van der Waals surface area contributed by atoms with Gasteiger partial charge in [0.1, 0.15) is 5.75 Å². The zero-order chi connectivity index (χ0) is 13.5. The Balaban J connectivity index is 2.66. The molecule has 5 N–H and O–H groups in total. The van der Waals surface area contributed by atoms with Crippen molar-refractivity contribution in [3.05, 3.63) is 23.2 Å². The van der Waals surface area contributed by atoms with Crippen molar-refractivity contribution in [1.29, 1.82) is 0 Å². The van der Waals surface area contributed by atoms with Gasteiger partial charge < -0.3 is 21.6 Å². The number of amidine groups is 1. The van der Waals surface area contributed by atoms with Gasteiger partial charge in [0.05, 0.1) is 18.6 Å². The van der Waals surface area contributed by atoms with Crippen LogP contribution in [0.3, 0.4) is 0 Å². The number of anilines is 1. The number of carbonyl (C=O) groups is 1. The summed E-state index contributed by atoms with van der Waals surface area (Å²) < 4.78 is 5.10. The number of hydrogen-bond donors (Lipinski definition) is 3. The van der Waals surface area contributed by atoms with Gasteiger partial charge in [-0.05, 0) is 18.2 Å². The van der Waals surface area contributed by atoms with Crippen molar-refractivity contribution in [3.63, 3.8) is 0 Å². The molecular weight excluding hydrogens is 276 g/mol. The minimum absolute atomic E-state index is 0.0994. The average molecular weight is 289 g/mol. The van der Waals surface area contributed by atoms with Gasteiger partial charge >= 0.3 is 0 Å². The van der Waals surface area contributed by atoms with Crippen molar-refractivity contribution in [1.82, 2.24) is 0 Å². The quantitative estimate of drug-likeness (QED) is 0.334. The zero-order valence-corrected chi connectivity index (χ0v) is 11.2. The number of halogens is 1. The lowest BCUT2D eigenvalue weighted by atomic mass is 10.3. The summed E-state index contributed by atoms with van der Waals surface area (Å²) in [5.74, 6) is 5.32. The van der Waals surface area contributed by atoms with Gasteiger partial charge in [-0.1, -0.05) is 23.4 Å². The first-order valence-electron chi connectivity index (χ1n) is 4.86. The van der Waals surface area contributed by atoms with Gasteiger partial charge in [0.2, 0.25) is 5.91 Å². The summed E-state index contributed by atoms with van der Waals surface area (Å²) >= 11 is 6.88. The molecule has 1 amide bonds. The van der Waals surface area contributed by atoms with Crippen molar-refractivity contribution in [2.24, 2.45) is 16.7 Å². The predicted octanol–water partition coefficient (Wildman–Crippen LogP) is 1.21. The topological polar surface area (TPSA) is 103 Å². The third kappa shape index (κ3) is 4.34. The lowest BCUT2D eigenvalue weighted by Gasteiger charge is -2.10. The molecule has 0 saturated heterocycles. The minimum Gasteiger partial charge on any atom is -0.495 e. The van der Waals surface area contributed by atoms with E-state index >= 15 is 0 Å². The SMILES string of the molecule is COc1ccc(Cl)cc1NC(=O)CSC(N)=NN. The molecule has 8 heteroatoms. The molecule has 0 heterocycles. The van der Waals surface area contributed by atoms with E-state index < -0.39 is 0 Å². The molecule has 0 aliphatic heterocycles. The normalized spacial score (nSPS) is 11.1. The van der Waals surface area contributed by atoms with Gasteiger partial charge in [-0.25, -0.2) is 0 Å². The van der Waals surface area contributed by atoms with E-state index in [4.69, 9.17) is 27.9 Å². The van der Waals surface area contributed by atoms with E-state index in [1.807, 2.05) is 0 Å². The van der Waals surface area contributed by atoms with Crippen LogP contribution in [0.4, 0.5) is 5.69 Å². The van der Waals surface area contributed by atoms with Crippen LogP contribution in [-0.2, 0) is 4.79 Å². The van der Waals surface area contributed by atoms with Crippen LogP contribution in [0.5, 0.6) is 5.75 Å². The van der Waals surface area contributed by atoms with Crippen LogP contribution in [0.25, 0.3) is 0 Å². The van der Waals surface area contributed by atoms with Gasteiger partial charge in [-0.2, -0.15) is 5.10 Å². The Morgan fingerprint density at radius 1 is 1.61 bits per heavy atom. The number of nitrogens with two attached hydrogens (primary N) is 2. The number of hydrazone groups is 1. The van der Waals surface area contributed by atoms with Gasteiger partial charge in [0, 0.05) is 5.02 Å². The van der Waals surface area contributed by atoms with E-state index in [-0.39, 0.29) is 16.8 Å². The molecule has 0 aromatic heterocycles. The Kier molecular flexibility index (Phi) is 5.60. The molecule has 0 radical (unpaired) electrons. The van der Waals surface area contributed by atoms with Gasteiger partial charge in [0.25, 0.3) is 0 Å². The molecule has 0 fully saturated rings. The Labute approximate surface area is 114 Å². The van der Waals surface area contributed by atoms with Crippen LogP contribution in [0.15, 0.2) is 23.3 Å². The Bertz CT molecular complexity index is 467. The number of amides is 1. The first kappa shape index (κ1) is 14.5. The van der Waals surface area contributed by atoms with Crippen molar-refractivity contribution in [2.45, 2.75) is 0 Å². The molecule has 98 valence electrons. The van der Waals surface area contributed by atoms with Crippen molar-refractivity contribution < 1.29 is 9.53 Å². The average Bonchev–Trinajstić information content (AvgIpc) is 2.36. The maximum absolute atomic E-state index is 11.6. The minimum atomic E-state index is -0.257. The number of rotatable bonds is 4. The second-order valence-electron chi connectivity index (χ2n) is 3.15. The molecule has 0 unspecified atom stereocenters. The number of carbonyl (C=O) groups excluding carboxylic acids is 1. The molecule has 0 bridgehead atoms. The van der Waals surface area contributed by atoms with E-state index in [1.165, 1.54) is 7.11 Å². The number of ether oxygens (including phenoxy) is 1. The van der Waals surface area contributed by atoms with E-state index in [9.17, 15) is 4.79 Å². The lowest BCUT2D eigenvalue weighted by molar-refractivity contribution is -0.113. The van der Waals surface area contributed by atoms with E-state index in [2.05, 4.69) is 10.4 Å². The lowest BCUT2D eigenvalue weighted by Crippen LogP contribution is -2.18. The standard InChI is InChI=1S/C10H13ClN4O2S/c1-17-8-3-2-6(11)4-7(8)14-9(16)5-18-10(12)15-13/h2-4H,5,13H2,1H3,(H2,12,15)(H,14,16). The number of benzene rings is 1. The Hall–Kier alpha value is -1.60. The van der Waals surface area contributed by atoms with Crippen LogP contribution in [0, 0.1) is 0 Å². The molecule has 1 aromatic carbocycles. The third-order valence-corrected chi connectivity index (χ3v) is 2.96. The van der Waals surface area contributed by atoms with Crippen LogP contribution in [0.2, 0.25) is 5.02 Å². The highest BCUT2D eigenvalue weighted by Crippen LogP contribution is 2.27. The van der Waals surface area contributed by atoms with Crippen LogP contribution in [0.1, 0.15) is 0 Å². The summed E-state index contributed by atoms with van der Waals surface area (Å²) in [6, 6.07) is 4.94. The second-order valence-corrected chi connectivity index (χ2v) is 4.58. The summed E-state index contributed by atoms with van der Waals surface area (Å²) in [7, 11) is 1.51. The van der Waals surface area contributed by atoms with Crippen LogP contribution < -0.4 is 21.6 Å². The fourth-order valence-electron chi connectivity index (χ4n) is 1.14. The summed E-state index contributed by atoms with van der Waals surface area (Å²) in [5, 5.41) is 6.55. The molecule has 1 aromatic rings. The van der Waals surface area contributed by atoms with Crippen LogP contribution >= 0.6 is 23.4 Å². The van der Waals surface area contributed by atoms with Gasteiger partial charge in [0.15, 0.2) is 5.17 Å². The highest BCUT2D eigenvalue weighted by atomic mass is 35.5. The molecule has 0 aliphatic rings. The molecule has 0 saturated carbocycles. The molecule has 0 spiro atoms. The third-order valence-electron chi connectivity index (χ3n) is 1.91. The van der Waals surface area contributed by atoms with Gasteiger partial charge in [-0.3, -0.25) is 4.79 Å². The summed E-state index contributed by atoms with van der Waals surface area (Å²) in [4.78, 5) is 11.6. The first-order valence-corrected chi connectivity index (χ1v) is 6.22. The zero-order valence-electron chi connectivity index (χ0n) is 9.64. The molecule has 6 nitrogen and oxygen atoms in total. The summed E-state index contributed by atoms with van der Waals surface area (Å²) in [5.41, 5.74) is 5.86. The fraction of sp³-hybridized carbons (Fsp3) is 0.200. The monoisotopic (exact) mass is 288 g/mol. The highest BCUT2D eigenvalue weighted by molar-refractivity contribution is 8.14. The van der Waals surface area contributed by atoms with Crippen LogP contribution in [-0.4, -0.2) is 23.9 Å². The number of nitrogens with zero attached hydrogens (tertiary/aromatic N) is 1. The summed E-state index contributed by atoms with van der Waals surface area (Å²) in [6.45, 7) is 0. The molecule has 18 heavy (non-hydrogen) atoms. The number of nitrogens with one attached hydrogen (secondary N) is 1. The van der Waals surface area contributed by atoms with Crippen molar-refractivity contribution >= 4 is 40.1 Å². The number of methoxy groups -OCH3 is 1. The number of hydrogen-bond acceptors (Lipinski definition) is 5. The summed E-state index contributed by atoms with van der Waals surface area (Å²) in [6.07, 6.45) is 0. The molecule has 0 aliphatic carbocycles. The highest BCUT2D eigenvalue weighted by Gasteiger charge is 2.09. The maximum atomic E-state index is 11.6. The first-order chi connectivity index (χ1) is 8.56. The maximum Gasteiger partial charge on any atom is 0.234 e. The number of thioether (sulfide) groups is 1. The molecular formula is C10H13ClN4O2S. The largest absolute Gasteiger partial charge is 0.495 e. The van der Waals surface area contributed by atoms with Crippen molar-refractivity contribution in [2.75, 3.05) is 18.2 Å². The smallest absolute Gasteiger partial charge is 0.234 e. The van der Waals surface area contributed by atoms with Crippen molar-refractivity contribution in [3.8, 4) is 5.75 Å². The fourth-order valence-corrected chi connectivity index (χ4v) is 1.74. The predicted molar refractivity (Wildman–Crippen MR) is 74.9 cm³/mol. The van der Waals surface area contributed by atoms with Gasteiger partial charge in [-0.15, -0.1) is 0 Å². The van der Waals surface area contributed by atoms with E-state index in [1.54, 1.807) is 18.2 Å². The Morgan fingerprint density at radius 3 is 2.94 bits per heavy atom. The molecule has 1 rings (SSSR count). The molecule has 0 atom stereocenters. The van der Waals surface area contributed by atoms with E-state index in [0.29, 0.717) is 16.5 Å². The Morgan fingerprint density at radius 2 is 2.33 bits per heavy atom. The second kappa shape index (κ2) is 6.97. The van der Waals surface area contributed by atoms with E-state index in [0.717, 1.165) is 11.8 Å².